The molecule has 0 N–H and O–H groups in total. The Labute approximate surface area is 86.4 Å². The number of likely N-dealkylation sites (tertiary alicyclic amines) is 1. The fraction of sp³-hybridized carbons (Fsp3) is 0.909. The van der Waals surface area contributed by atoms with E-state index in [1.807, 2.05) is 0 Å². The molecule has 3 nitrogen and oxygen atoms in total. The predicted octanol–water partition coefficient (Wildman–Crippen LogP) is 1.81. The number of nitrogens with zero attached hydrogens (tertiary/aromatic N) is 1. The fourth-order valence-electron chi connectivity index (χ4n) is 2.11. The summed E-state index contributed by atoms with van der Waals surface area (Å²) in [6.45, 7) is 9.76. The minimum atomic E-state index is -0.175. The lowest BCUT2D eigenvalue weighted by Crippen LogP contribution is -2.46. The van der Waals surface area contributed by atoms with E-state index >= 15 is 0 Å². The molecule has 0 aliphatic carbocycles. The molecule has 1 heterocycles. The minimum absolute atomic E-state index is 0.175. The van der Waals surface area contributed by atoms with Crippen LogP contribution in [0.2, 0.25) is 0 Å². The Hall–Kier alpha value is -0.570. The Morgan fingerprint density at radius 2 is 2.14 bits per heavy atom. The molecular weight excluding hydrogens is 178 g/mol. The first-order chi connectivity index (χ1) is 6.41. The van der Waals surface area contributed by atoms with Gasteiger partial charge in [-0.05, 0) is 40.2 Å². The summed E-state index contributed by atoms with van der Waals surface area (Å²) in [4.78, 5) is 13.1. The predicted molar refractivity (Wildman–Crippen MR) is 56.1 cm³/mol. The normalized spacial score (nSPS) is 23.9. The standard InChI is InChI=1S/C11H21NO2/c1-9(13)14-8-10-6-5-7-12(10)11(2,3)4/h10H,5-8H2,1-4H3/t10-/m0/s1. The first kappa shape index (κ1) is 11.5. The van der Waals surface area contributed by atoms with E-state index in [0.717, 1.165) is 13.0 Å². The van der Waals surface area contributed by atoms with E-state index in [-0.39, 0.29) is 11.5 Å². The van der Waals surface area contributed by atoms with E-state index in [1.165, 1.54) is 13.3 Å². The number of ether oxygens (including phenoxy) is 1. The zero-order valence-corrected chi connectivity index (χ0v) is 9.67. The van der Waals surface area contributed by atoms with Crippen LogP contribution in [-0.4, -0.2) is 35.6 Å². The number of hydrogen-bond donors (Lipinski definition) is 0. The van der Waals surface area contributed by atoms with Crippen LogP contribution in [0, 0.1) is 0 Å². The van der Waals surface area contributed by atoms with Crippen LogP contribution in [0.4, 0.5) is 0 Å². The maximum Gasteiger partial charge on any atom is 0.302 e. The van der Waals surface area contributed by atoms with Gasteiger partial charge in [0.25, 0.3) is 0 Å². The van der Waals surface area contributed by atoms with E-state index < -0.39 is 0 Å². The molecule has 1 rings (SSSR count). The molecule has 1 aliphatic rings. The average molecular weight is 199 g/mol. The molecular formula is C11H21NO2. The first-order valence-corrected chi connectivity index (χ1v) is 5.31. The topological polar surface area (TPSA) is 29.5 Å². The largest absolute Gasteiger partial charge is 0.464 e. The summed E-state index contributed by atoms with van der Waals surface area (Å²) in [7, 11) is 0. The fourth-order valence-corrected chi connectivity index (χ4v) is 2.11. The summed E-state index contributed by atoms with van der Waals surface area (Å²) >= 11 is 0. The lowest BCUT2D eigenvalue weighted by molar-refractivity contribution is -0.143. The van der Waals surface area contributed by atoms with Crippen LogP contribution in [0.1, 0.15) is 40.5 Å². The molecule has 0 saturated carbocycles. The maximum absolute atomic E-state index is 10.7. The Morgan fingerprint density at radius 3 is 2.64 bits per heavy atom. The highest BCUT2D eigenvalue weighted by atomic mass is 16.5. The van der Waals surface area contributed by atoms with Gasteiger partial charge in [0.15, 0.2) is 0 Å². The molecule has 0 aromatic rings. The Kier molecular flexibility index (Phi) is 3.53. The third-order valence-corrected chi connectivity index (χ3v) is 2.72. The number of hydrogen-bond acceptors (Lipinski definition) is 3. The monoisotopic (exact) mass is 199 g/mol. The lowest BCUT2D eigenvalue weighted by Gasteiger charge is -2.36. The summed E-state index contributed by atoms with van der Waals surface area (Å²) in [5.74, 6) is -0.175. The van der Waals surface area contributed by atoms with Gasteiger partial charge in [-0.3, -0.25) is 9.69 Å². The molecule has 0 aromatic carbocycles. The average Bonchev–Trinajstić information content (AvgIpc) is 2.46. The highest BCUT2D eigenvalue weighted by Crippen LogP contribution is 2.26. The van der Waals surface area contributed by atoms with E-state index in [1.54, 1.807) is 0 Å². The number of rotatable bonds is 2. The molecule has 0 aromatic heterocycles. The van der Waals surface area contributed by atoms with Crippen LogP contribution in [-0.2, 0) is 9.53 Å². The maximum atomic E-state index is 10.7. The van der Waals surface area contributed by atoms with Crippen molar-refractivity contribution in [1.82, 2.24) is 4.90 Å². The van der Waals surface area contributed by atoms with Gasteiger partial charge >= 0.3 is 5.97 Å². The van der Waals surface area contributed by atoms with Crippen molar-refractivity contribution in [2.24, 2.45) is 0 Å². The number of esters is 1. The van der Waals surface area contributed by atoms with Crippen LogP contribution in [0.3, 0.4) is 0 Å². The number of carbonyl (C=O) groups excluding carboxylic acids is 1. The summed E-state index contributed by atoms with van der Waals surface area (Å²) in [5, 5.41) is 0. The van der Waals surface area contributed by atoms with E-state index in [4.69, 9.17) is 4.74 Å². The van der Waals surface area contributed by atoms with Gasteiger partial charge in [-0.15, -0.1) is 0 Å². The van der Waals surface area contributed by atoms with E-state index in [9.17, 15) is 4.79 Å². The van der Waals surface area contributed by atoms with Gasteiger partial charge in [-0.2, -0.15) is 0 Å². The molecule has 1 saturated heterocycles. The van der Waals surface area contributed by atoms with Crippen LogP contribution >= 0.6 is 0 Å². The van der Waals surface area contributed by atoms with Crippen molar-refractivity contribution in [1.29, 1.82) is 0 Å². The Balaban J connectivity index is 2.47. The lowest BCUT2D eigenvalue weighted by atomic mass is 10.1. The third kappa shape index (κ3) is 2.98. The second-order valence-electron chi connectivity index (χ2n) is 4.96. The van der Waals surface area contributed by atoms with Crippen molar-refractivity contribution in [3.05, 3.63) is 0 Å². The Bertz CT molecular complexity index is 208. The minimum Gasteiger partial charge on any atom is -0.464 e. The SMILES string of the molecule is CC(=O)OC[C@@H]1CCCN1C(C)(C)C. The van der Waals surface area contributed by atoms with Gasteiger partial charge < -0.3 is 4.74 Å². The first-order valence-electron chi connectivity index (χ1n) is 5.31. The molecule has 0 amide bonds. The van der Waals surface area contributed by atoms with Gasteiger partial charge in [0.2, 0.25) is 0 Å². The van der Waals surface area contributed by atoms with Gasteiger partial charge in [0, 0.05) is 18.5 Å². The zero-order chi connectivity index (χ0) is 10.8. The highest BCUT2D eigenvalue weighted by molar-refractivity contribution is 5.65. The van der Waals surface area contributed by atoms with Crippen LogP contribution < -0.4 is 0 Å². The second kappa shape index (κ2) is 4.30. The van der Waals surface area contributed by atoms with Crippen molar-refractivity contribution < 1.29 is 9.53 Å². The molecule has 1 atom stereocenters. The highest BCUT2D eigenvalue weighted by Gasteiger charge is 2.33. The molecule has 3 heteroatoms. The summed E-state index contributed by atoms with van der Waals surface area (Å²) in [5.41, 5.74) is 0.182. The third-order valence-electron chi connectivity index (χ3n) is 2.72. The van der Waals surface area contributed by atoms with Crippen LogP contribution in [0.5, 0.6) is 0 Å². The van der Waals surface area contributed by atoms with Crippen molar-refractivity contribution in [3.63, 3.8) is 0 Å². The van der Waals surface area contributed by atoms with E-state index in [2.05, 4.69) is 25.7 Å². The molecule has 0 spiro atoms. The quantitative estimate of drug-likeness (QED) is 0.635. The molecule has 14 heavy (non-hydrogen) atoms. The van der Waals surface area contributed by atoms with Gasteiger partial charge in [-0.25, -0.2) is 0 Å². The van der Waals surface area contributed by atoms with Crippen LogP contribution in [0.25, 0.3) is 0 Å². The number of carbonyl (C=O) groups is 1. The second-order valence-corrected chi connectivity index (χ2v) is 4.96. The van der Waals surface area contributed by atoms with E-state index in [0.29, 0.717) is 12.6 Å². The van der Waals surface area contributed by atoms with Crippen molar-refractivity contribution in [3.8, 4) is 0 Å². The molecule has 1 fully saturated rings. The molecule has 0 radical (unpaired) electrons. The van der Waals surface area contributed by atoms with Crippen molar-refractivity contribution in [2.45, 2.75) is 52.1 Å². The molecule has 0 unspecified atom stereocenters. The summed E-state index contributed by atoms with van der Waals surface area (Å²) < 4.78 is 5.07. The molecule has 0 bridgehead atoms. The van der Waals surface area contributed by atoms with Gasteiger partial charge in [-0.1, -0.05) is 0 Å². The van der Waals surface area contributed by atoms with Gasteiger partial charge in [0.05, 0.1) is 0 Å². The van der Waals surface area contributed by atoms with Crippen molar-refractivity contribution >= 4 is 5.97 Å². The Morgan fingerprint density at radius 1 is 1.50 bits per heavy atom. The zero-order valence-electron chi connectivity index (χ0n) is 9.67. The van der Waals surface area contributed by atoms with Crippen molar-refractivity contribution in [2.75, 3.05) is 13.2 Å². The molecule has 82 valence electrons. The molecule has 1 aliphatic heterocycles. The summed E-state index contributed by atoms with van der Waals surface area (Å²) in [6, 6.07) is 0.416. The van der Waals surface area contributed by atoms with Gasteiger partial charge in [0.1, 0.15) is 6.61 Å². The smallest absolute Gasteiger partial charge is 0.302 e. The summed E-state index contributed by atoms with van der Waals surface area (Å²) in [6.07, 6.45) is 2.35. The van der Waals surface area contributed by atoms with Crippen LogP contribution in [0.15, 0.2) is 0 Å².